The molecule has 0 bridgehead atoms. The predicted octanol–water partition coefficient (Wildman–Crippen LogP) is 2.35. The molecule has 24 heavy (non-hydrogen) atoms. The summed E-state index contributed by atoms with van der Waals surface area (Å²) in [7, 11) is 3.52. The summed E-state index contributed by atoms with van der Waals surface area (Å²) < 4.78 is 8.18. The van der Waals surface area contributed by atoms with E-state index in [4.69, 9.17) is 4.74 Å². The van der Waals surface area contributed by atoms with Crippen LogP contribution in [0, 0.1) is 6.92 Å². The molecular weight excluding hydrogens is 322 g/mol. The molecule has 130 valence electrons. The van der Waals surface area contributed by atoms with Crippen LogP contribution in [0.4, 0.5) is 0 Å². The molecule has 0 unspecified atom stereocenters. The Hall–Kier alpha value is -1.63. The number of likely N-dealkylation sites (N-methyl/N-ethyl adjacent to an activating group) is 1. The van der Waals surface area contributed by atoms with Crippen LogP contribution in [0.25, 0.3) is 0 Å². The molecule has 0 fully saturated rings. The van der Waals surface area contributed by atoms with Crippen molar-refractivity contribution in [3.8, 4) is 0 Å². The first-order chi connectivity index (χ1) is 11.5. The Bertz CT molecular complexity index is 692. The van der Waals surface area contributed by atoms with Crippen molar-refractivity contribution >= 4 is 17.2 Å². The van der Waals surface area contributed by atoms with Crippen LogP contribution in [0.2, 0.25) is 0 Å². The van der Waals surface area contributed by atoms with E-state index in [0.29, 0.717) is 0 Å². The number of amides is 1. The average molecular weight is 347 g/mol. The summed E-state index contributed by atoms with van der Waals surface area (Å²) in [6, 6.07) is 8.62. The van der Waals surface area contributed by atoms with Gasteiger partial charge in [0.05, 0.1) is 6.10 Å². The number of aryl methyl sites for hydroxylation is 1. The summed E-state index contributed by atoms with van der Waals surface area (Å²) in [4.78, 5) is 18.5. The minimum atomic E-state index is 0.00686. The van der Waals surface area contributed by atoms with E-state index in [-0.39, 0.29) is 18.6 Å². The maximum atomic E-state index is 11.8. The first-order valence-electron chi connectivity index (χ1n) is 8.24. The Labute approximate surface area is 147 Å². The van der Waals surface area contributed by atoms with Gasteiger partial charge in [-0.05, 0) is 31.2 Å². The molecule has 1 amide bonds. The van der Waals surface area contributed by atoms with Gasteiger partial charge in [0.2, 0.25) is 5.91 Å². The number of aromatic nitrogens is 1. The summed E-state index contributed by atoms with van der Waals surface area (Å²) in [6.45, 7) is 5.74. The van der Waals surface area contributed by atoms with E-state index in [0.717, 1.165) is 26.2 Å². The van der Waals surface area contributed by atoms with Gasteiger partial charge in [-0.3, -0.25) is 9.69 Å². The SMILES string of the molecule is Cc1ccc(CN2Cc3cccn3C[C@@H](OCC(=O)N(C)C)C2)s1. The molecule has 1 aliphatic heterocycles. The van der Waals surface area contributed by atoms with Gasteiger partial charge < -0.3 is 14.2 Å². The zero-order valence-electron chi connectivity index (χ0n) is 14.6. The van der Waals surface area contributed by atoms with Crippen molar-refractivity contribution in [3.05, 3.63) is 45.9 Å². The summed E-state index contributed by atoms with van der Waals surface area (Å²) in [5.74, 6) is 0.00686. The average Bonchev–Trinajstić information content (AvgIpc) is 3.10. The smallest absolute Gasteiger partial charge is 0.248 e. The molecule has 3 rings (SSSR count). The molecule has 1 atom stereocenters. The zero-order chi connectivity index (χ0) is 17.1. The zero-order valence-corrected chi connectivity index (χ0v) is 15.4. The van der Waals surface area contributed by atoms with Crippen molar-refractivity contribution in [1.29, 1.82) is 0 Å². The Kier molecular flexibility index (Phi) is 5.38. The van der Waals surface area contributed by atoms with Crippen LogP contribution in [-0.4, -0.2) is 53.6 Å². The predicted molar refractivity (Wildman–Crippen MR) is 96.0 cm³/mol. The van der Waals surface area contributed by atoms with Gasteiger partial charge in [-0.2, -0.15) is 0 Å². The van der Waals surface area contributed by atoms with Crippen molar-refractivity contribution in [1.82, 2.24) is 14.4 Å². The van der Waals surface area contributed by atoms with Crippen LogP contribution in [0.15, 0.2) is 30.5 Å². The number of ether oxygens (including phenoxy) is 1. The maximum Gasteiger partial charge on any atom is 0.248 e. The molecule has 3 heterocycles. The Morgan fingerprint density at radius 3 is 2.88 bits per heavy atom. The third-order valence-electron chi connectivity index (χ3n) is 4.29. The van der Waals surface area contributed by atoms with Gasteiger partial charge in [-0.15, -0.1) is 11.3 Å². The third-order valence-corrected chi connectivity index (χ3v) is 5.27. The van der Waals surface area contributed by atoms with Crippen molar-refractivity contribution in [2.24, 2.45) is 0 Å². The normalized spacial score (nSPS) is 18.2. The number of carbonyl (C=O) groups excluding carboxylic acids is 1. The molecule has 1 aliphatic rings. The second-order valence-corrected chi connectivity index (χ2v) is 7.93. The highest BCUT2D eigenvalue weighted by Crippen LogP contribution is 2.21. The molecular formula is C18H25N3O2S. The number of rotatable bonds is 5. The molecule has 0 saturated carbocycles. The lowest BCUT2D eigenvalue weighted by Gasteiger charge is -2.24. The van der Waals surface area contributed by atoms with Crippen LogP contribution < -0.4 is 0 Å². The van der Waals surface area contributed by atoms with Crippen LogP contribution in [0.1, 0.15) is 15.4 Å². The fourth-order valence-electron chi connectivity index (χ4n) is 2.96. The van der Waals surface area contributed by atoms with E-state index >= 15 is 0 Å². The van der Waals surface area contributed by atoms with Crippen molar-refractivity contribution in [3.63, 3.8) is 0 Å². The lowest BCUT2D eigenvalue weighted by molar-refractivity contribution is -0.136. The molecule has 0 aromatic carbocycles. The lowest BCUT2D eigenvalue weighted by Crippen LogP contribution is -2.35. The Morgan fingerprint density at radius 2 is 2.17 bits per heavy atom. The van der Waals surface area contributed by atoms with Gasteiger partial charge in [0.25, 0.3) is 0 Å². The highest BCUT2D eigenvalue weighted by atomic mass is 32.1. The van der Waals surface area contributed by atoms with Crippen LogP contribution in [0.5, 0.6) is 0 Å². The van der Waals surface area contributed by atoms with Gasteiger partial charge in [-0.25, -0.2) is 0 Å². The number of nitrogens with zero attached hydrogens (tertiary/aromatic N) is 3. The maximum absolute atomic E-state index is 11.8. The number of thiophene rings is 1. The first kappa shape index (κ1) is 17.2. The molecule has 2 aromatic rings. The Balaban J connectivity index is 1.69. The number of fused-ring (bicyclic) bond motifs is 1. The van der Waals surface area contributed by atoms with Crippen molar-refractivity contribution in [2.75, 3.05) is 27.2 Å². The third kappa shape index (κ3) is 4.26. The van der Waals surface area contributed by atoms with E-state index in [9.17, 15) is 4.79 Å². The van der Waals surface area contributed by atoms with Crippen LogP contribution in [-0.2, 0) is 29.2 Å². The van der Waals surface area contributed by atoms with Gasteiger partial charge in [-0.1, -0.05) is 0 Å². The van der Waals surface area contributed by atoms with E-state index in [2.05, 4.69) is 46.9 Å². The number of hydrogen-bond acceptors (Lipinski definition) is 4. The summed E-state index contributed by atoms with van der Waals surface area (Å²) in [5, 5.41) is 0. The van der Waals surface area contributed by atoms with E-state index in [1.807, 2.05) is 11.3 Å². The lowest BCUT2D eigenvalue weighted by atomic mass is 10.3. The van der Waals surface area contributed by atoms with Gasteiger partial charge in [0.1, 0.15) is 6.61 Å². The minimum Gasteiger partial charge on any atom is -0.365 e. The van der Waals surface area contributed by atoms with E-state index in [1.165, 1.54) is 15.4 Å². The van der Waals surface area contributed by atoms with Gasteiger partial charge in [0, 0.05) is 61.9 Å². The highest BCUT2D eigenvalue weighted by molar-refractivity contribution is 7.11. The fraction of sp³-hybridized carbons (Fsp3) is 0.500. The van der Waals surface area contributed by atoms with Crippen LogP contribution >= 0.6 is 11.3 Å². The highest BCUT2D eigenvalue weighted by Gasteiger charge is 2.23. The molecule has 0 saturated heterocycles. The summed E-state index contributed by atoms with van der Waals surface area (Å²) >= 11 is 1.84. The largest absolute Gasteiger partial charge is 0.365 e. The topological polar surface area (TPSA) is 37.7 Å². The second kappa shape index (κ2) is 7.51. The molecule has 0 N–H and O–H groups in total. The van der Waals surface area contributed by atoms with Gasteiger partial charge >= 0.3 is 0 Å². The molecule has 0 spiro atoms. The number of carbonyl (C=O) groups is 1. The summed E-state index contributed by atoms with van der Waals surface area (Å²) in [6.07, 6.45) is 2.11. The fourth-order valence-corrected chi connectivity index (χ4v) is 3.90. The first-order valence-corrected chi connectivity index (χ1v) is 9.06. The van der Waals surface area contributed by atoms with E-state index in [1.54, 1.807) is 19.0 Å². The van der Waals surface area contributed by atoms with Crippen molar-refractivity contribution < 1.29 is 9.53 Å². The molecule has 0 aliphatic carbocycles. The minimum absolute atomic E-state index is 0.00686. The molecule has 0 radical (unpaired) electrons. The molecule has 6 heteroatoms. The quantitative estimate of drug-likeness (QED) is 0.833. The Morgan fingerprint density at radius 1 is 1.33 bits per heavy atom. The molecule has 5 nitrogen and oxygen atoms in total. The van der Waals surface area contributed by atoms with E-state index < -0.39 is 0 Å². The van der Waals surface area contributed by atoms with Crippen LogP contribution in [0.3, 0.4) is 0 Å². The standard InChI is InChI=1S/C18H25N3O2S/c1-14-6-7-17(24-14)12-20-9-15-5-4-8-21(15)11-16(10-20)23-13-18(22)19(2)3/h4-8,16H,9-13H2,1-3H3/t16-/m0/s1. The second-order valence-electron chi connectivity index (χ2n) is 6.56. The number of hydrogen-bond donors (Lipinski definition) is 0. The van der Waals surface area contributed by atoms with Gasteiger partial charge in [0.15, 0.2) is 0 Å². The summed E-state index contributed by atoms with van der Waals surface area (Å²) in [5.41, 5.74) is 1.30. The van der Waals surface area contributed by atoms with Crippen molar-refractivity contribution in [2.45, 2.75) is 32.7 Å². The molecule has 2 aromatic heterocycles. The monoisotopic (exact) mass is 347 g/mol.